The number of carbonyl (C=O) groups excluding carboxylic acids is 1. The monoisotopic (exact) mass is 379 g/mol. The number of amides is 1. The van der Waals surface area contributed by atoms with Crippen molar-refractivity contribution < 1.29 is 14.3 Å². The molecule has 0 radical (unpaired) electrons. The van der Waals surface area contributed by atoms with Crippen molar-refractivity contribution in [1.29, 1.82) is 0 Å². The third-order valence-corrected chi connectivity index (χ3v) is 5.44. The van der Waals surface area contributed by atoms with E-state index in [2.05, 4.69) is 10.3 Å². The van der Waals surface area contributed by atoms with Gasteiger partial charge in [0.25, 0.3) is 5.91 Å². The molecule has 0 bridgehead atoms. The summed E-state index contributed by atoms with van der Waals surface area (Å²) in [4.78, 5) is 19.7. The molecule has 0 saturated heterocycles. The molecular formula is C20H17N3O3S. The van der Waals surface area contributed by atoms with Crippen LogP contribution in [-0.2, 0) is 0 Å². The molecule has 2 aliphatic heterocycles. The molecule has 27 heavy (non-hydrogen) atoms. The van der Waals surface area contributed by atoms with Crippen molar-refractivity contribution in [1.82, 2.24) is 4.98 Å². The Labute approximate surface area is 160 Å². The van der Waals surface area contributed by atoms with Crippen molar-refractivity contribution in [2.24, 2.45) is 0 Å². The minimum atomic E-state index is -0.389. The van der Waals surface area contributed by atoms with Crippen LogP contribution in [0.5, 0.6) is 11.5 Å². The molecule has 2 aliphatic rings. The molecule has 0 fully saturated rings. The number of aromatic nitrogens is 1. The van der Waals surface area contributed by atoms with E-state index in [1.807, 2.05) is 54.8 Å². The summed E-state index contributed by atoms with van der Waals surface area (Å²) in [7, 11) is 0. The number of anilines is 2. The summed E-state index contributed by atoms with van der Waals surface area (Å²) >= 11 is 1.57. The van der Waals surface area contributed by atoms with Crippen LogP contribution in [0.1, 0.15) is 27.2 Å². The number of hydrogen-bond donors (Lipinski definition) is 1. The van der Waals surface area contributed by atoms with Crippen molar-refractivity contribution >= 4 is 28.6 Å². The van der Waals surface area contributed by atoms with Gasteiger partial charge in [0.15, 0.2) is 17.7 Å². The first-order valence-corrected chi connectivity index (χ1v) is 9.59. The molecule has 1 atom stereocenters. The number of carbonyl (C=O) groups is 1. The van der Waals surface area contributed by atoms with E-state index in [1.54, 1.807) is 16.2 Å². The predicted octanol–water partition coefficient (Wildman–Crippen LogP) is 3.99. The van der Waals surface area contributed by atoms with E-state index in [0.29, 0.717) is 30.3 Å². The van der Waals surface area contributed by atoms with Crippen LogP contribution in [0.15, 0.2) is 47.8 Å². The molecule has 1 aromatic heterocycles. The Hall–Kier alpha value is -3.06. The number of nitrogens with zero attached hydrogens (tertiary/aromatic N) is 2. The number of hydrogen-bond acceptors (Lipinski definition) is 6. The van der Waals surface area contributed by atoms with E-state index in [9.17, 15) is 4.79 Å². The lowest BCUT2D eigenvalue weighted by Gasteiger charge is -2.37. The normalized spacial score (nSPS) is 18.0. The van der Waals surface area contributed by atoms with Crippen molar-refractivity contribution in [2.45, 2.75) is 13.1 Å². The first-order chi connectivity index (χ1) is 13.2. The lowest BCUT2D eigenvalue weighted by molar-refractivity contribution is 0.0974. The maximum Gasteiger partial charge on any atom is 0.262 e. The summed E-state index contributed by atoms with van der Waals surface area (Å²) < 4.78 is 11.3. The number of para-hydroxylation sites is 1. The van der Waals surface area contributed by atoms with E-state index in [4.69, 9.17) is 9.47 Å². The van der Waals surface area contributed by atoms with Crippen LogP contribution >= 0.6 is 11.3 Å². The Kier molecular flexibility index (Phi) is 3.75. The maximum absolute atomic E-state index is 13.4. The number of benzene rings is 2. The molecule has 0 saturated carbocycles. The molecule has 136 valence electrons. The molecule has 0 aliphatic carbocycles. The van der Waals surface area contributed by atoms with Gasteiger partial charge in [0, 0.05) is 17.1 Å². The first-order valence-electron chi connectivity index (χ1n) is 8.71. The van der Waals surface area contributed by atoms with E-state index >= 15 is 0 Å². The average molecular weight is 379 g/mol. The van der Waals surface area contributed by atoms with E-state index in [-0.39, 0.29) is 12.1 Å². The minimum Gasteiger partial charge on any atom is -0.486 e. The summed E-state index contributed by atoms with van der Waals surface area (Å²) in [6, 6.07) is 13.1. The summed E-state index contributed by atoms with van der Waals surface area (Å²) in [5, 5.41) is 6.41. The third kappa shape index (κ3) is 2.71. The highest BCUT2D eigenvalue weighted by Gasteiger charge is 2.35. The Morgan fingerprint density at radius 1 is 1.15 bits per heavy atom. The number of ether oxygens (including phenoxy) is 2. The van der Waals surface area contributed by atoms with E-state index in [0.717, 1.165) is 22.1 Å². The van der Waals surface area contributed by atoms with Crippen LogP contribution in [0.4, 0.5) is 11.4 Å². The molecule has 3 heterocycles. The highest BCUT2D eigenvalue weighted by Crippen LogP contribution is 2.40. The van der Waals surface area contributed by atoms with Crippen LogP contribution in [0.3, 0.4) is 0 Å². The van der Waals surface area contributed by atoms with Gasteiger partial charge in [0.1, 0.15) is 13.2 Å². The zero-order valence-electron chi connectivity index (χ0n) is 14.6. The average Bonchev–Trinajstić information content (AvgIpc) is 3.14. The number of thiazole rings is 1. The number of nitrogens with one attached hydrogen (secondary N) is 1. The highest BCUT2D eigenvalue weighted by molar-refractivity contribution is 7.09. The Morgan fingerprint density at radius 2 is 1.96 bits per heavy atom. The van der Waals surface area contributed by atoms with Crippen LogP contribution in [0.25, 0.3) is 0 Å². The Bertz CT molecular complexity index is 1030. The summed E-state index contributed by atoms with van der Waals surface area (Å²) in [5.74, 6) is 1.28. The number of rotatable bonds is 2. The van der Waals surface area contributed by atoms with Gasteiger partial charge in [-0.15, -0.1) is 11.3 Å². The zero-order valence-corrected chi connectivity index (χ0v) is 15.5. The van der Waals surface area contributed by atoms with Gasteiger partial charge in [0.05, 0.1) is 22.0 Å². The standard InChI is InChI=1S/C20H17N3O3S/c1-12-21-16(11-27-12)19-22-15-5-3-2-4-14(15)20(24)23(19)13-6-7-17-18(10-13)26-9-8-25-17/h2-7,10-11,19,22H,8-9H2,1H3. The molecule has 6 nitrogen and oxygen atoms in total. The van der Waals surface area contributed by atoms with Crippen LogP contribution in [0, 0.1) is 6.92 Å². The highest BCUT2D eigenvalue weighted by atomic mass is 32.1. The number of aryl methyl sites for hydroxylation is 1. The SMILES string of the molecule is Cc1nc(C2Nc3ccccc3C(=O)N2c2ccc3c(c2)OCCO3)cs1. The molecule has 7 heteroatoms. The summed E-state index contributed by atoms with van der Waals surface area (Å²) in [6.45, 7) is 2.99. The second kappa shape index (κ2) is 6.28. The second-order valence-corrected chi connectivity index (χ2v) is 7.45. The second-order valence-electron chi connectivity index (χ2n) is 6.39. The van der Waals surface area contributed by atoms with Gasteiger partial charge < -0.3 is 14.8 Å². The fourth-order valence-corrected chi connectivity index (χ4v) is 4.05. The molecule has 3 aromatic rings. The molecule has 5 rings (SSSR count). The molecular weight excluding hydrogens is 362 g/mol. The first kappa shape index (κ1) is 16.1. The topological polar surface area (TPSA) is 63.7 Å². The largest absolute Gasteiger partial charge is 0.486 e. The fraction of sp³-hybridized carbons (Fsp3) is 0.200. The van der Waals surface area contributed by atoms with Gasteiger partial charge in [-0.1, -0.05) is 12.1 Å². The van der Waals surface area contributed by atoms with Gasteiger partial charge in [0.2, 0.25) is 0 Å². The van der Waals surface area contributed by atoms with Crippen molar-refractivity contribution in [3.8, 4) is 11.5 Å². The van der Waals surface area contributed by atoms with Crippen LogP contribution in [0.2, 0.25) is 0 Å². The van der Waals surface area contributed by atoms with Crippen molar-refractivity contribution in [3.05, 3.63) is 64.1 Å². The molecule has 1 unspecified atom stereocenters. The molecule has 1 amide bonds. The Morgan fingerprint density at radius 3 is 2.78 bits per heavy atom. The fourth-order valence-electron chi connectivity index (χ4n) is 3.41. The van der Waals surface area contributed by atoms with E-state index < -0.39 is 0 Å². The van der Waals surface area contributed by atoms with Crippen LogP contribution in [-0.4, -0.2) is 24.1 Å². The van der Waals surface area contributed by atoms with Gasteiger partial charge in [-0.3, -0.25) is 9.69 Å². The molecule has 1 N–H and O–H groups in total. The lowest BCUT2D eigenvalue weighted by Crippen LogP contribution is -2.43. The maximum atomic E-state index is 13.4. The van der Waals surface area contributed by atoms with Gasteiger partial charge >= 0.3 is 0 Å². The van der Waals surface area contributed by atoms with Gasteiger partial charge in [-0.05, 0) is 31.2 Å². The minimum absolute atomic E-state index is 0.0725. The lowest BCUT2D eigenvalue weighted by atomic mass is 10.1. The van der Waals surface area contributed by atoms with Gasteiger partial charge in [-0.25, -0.2) is 4.98 Å². The Balaban J connectivity index is 1.63. The smallest absolute Gasteiger partial charge is 0.262 e. The number of fused-ring (bicyclic) bond motifs is 2. The summed E-state index contributed by atoms with van der Waals surface area (Å²) in [5.41, 5.74) is 3.00. The van der Waals surface area contributed by atoms with Crippen molar-refractivity contribution in [3.63, 3.8) is 0 Å². The quantitative estimate of drug-likeness (QED) is 0.729. The summed E-state index contributed by atoms with van der Waals surface area (Å²) in [6.07, 6.45) is -0.389. The molecule has 0 spiro atoms. The van der Waals surface area contributed by atoms with Gasteiger partial charge in [-0.2, -0.15) is 0 Å². The van der Waals surface area contributed by atoms with E-state index in [1.165, 1.54) is 0 Å². The third-order valence-electron chi connectivity index (χ3n) is 4.65. The van der Waals surface area contributed by atoms with Crippen LogP contribution < -0.4 is 19.7 Å². The predicted molar refractivity (Wildman–Crippen MR) is 104 cm³/mol. The van der Waals surface area contributed by atoms with Crippen molar-refractivity contribution in [2.75, 3.05) is 23.4 Å². The zero-order chi connectivity index (χ0) is 18.4. The molecule has 2 aromatic carbocycles.